The number of pyridine rings is 1. The molecule has 2 N–H and O–H groups in total. The van der Waals surface area contributed by atoms with Crippen molar-refractivity contribution in [2.45, 2.75) is 64.3 Å². The summed E-state index contributed by atoms with van der Waals surface area (Å²) in [6.07, 6.45) is 5.68. The lowest BCUT2D eigenvalue weighted by molar-refractivity contribution is 0.146. The molecule has 3 rings (SSSR count). The molecule has 1 aromatic rings. The Bertz CT molecular complexity index is 578. The number of nitrogens with zero attached hydrogens (tertiary/aromatic N) is 2. The van der Waals surface area contributed by atoms with E-state index in [0.29, 0.717) is 30.0 Å². The maximum absolute atomic E-state index is 11.9. The molecule has 1 aliphatic heterocycles. The molecule has 1 saturated heterocycles. The fourth-order valence-corrected chi connectivity index (χ4v) is 3.36. The summed E-state index contributed by atoms with van der Waals surface area (Å²) in [4.78, 5) is 14.3. The predicted octanol–water partition coefficient (Wildman–Crippen LogP) is 1.76. The average molecular weight is 292 g/mol. The Morgan fingerprint density at radius 1 is 1.29 bits per heavy atom. The van der Waals surface area contributed by atoms with E-state index in [4.69, 9.17) is 0 Å². The molecule has 1 atom stereocenters. The van der Waals surface area contributed by atoms with E-state index in [1.165, 1.54) is 18.9 Å². The Labute approximate surface area is 124 Å². The van der Waals surface area contributed by atoms with Gasteiger partial charge in [-0.1, -0.05) is 6.42 Å². The third kappa shape index (κ3) is 2.85. The monoisotopic (exact) mass is 292 g/mol. The highest BCUT2D eigenvalue weighted by atomic mass is 16.3. The van der Waals surface area contributed by atoms with E-state index in [1.54, 1.807) is 0 Å². The van der Waals surface area contributed by atoms with E-state index in [-0.39, 0.29) is 17.8 Å². The fraction of sp³-hybridized carbons (Fsp3) is 0.688. The van der Waals surface area contributed by atoms with Crippen molar-refractivity contribution in [1.29, 1.82) is 0 Å². The number of aromatic hydroxyl groups is 1. The van der Waals surface area contributed by atoms with Crippen LogP contribution in [-0.2, 0) is 13.2 Å². The van der Waals surface area contributed by atoms with Gasteiger partial charge in [-0.05, 0) is 39.2 Å². The molecule has 2 heterocycles. The molecule has 0 radical (unpaired) electrons. The van der Waals surface area contributed by atoms with Crippen LogP contribution < -0.4 is 5.43 Å². The highest BCUT2D eigenvalue weighted by molar-refractivity contribution is 5.31. The van der Waals surface area contributed by atoms with Gasteiger partial charge in [-0.3, -0.25) is 9.69 Å². The lowest BCUT2D eigenvalue weighted by atomic mass is 10.0. The smallest absolute Gasteiger partial charge is 0.223 e. The van der Waals surface area contributed by atoms with Gasteiger partial charge in [0.05, 0.1) is 12.3 Å². The van der Waals surface area contributed by atoms with Crippen molar-refractivity contribution in [2.24, 2.45) is 0 Å². The number of aromatic nitrogens is 1. The first kappa shape index (κ1) is 14.6. The molecular weight excluding hydrogens is 268 g/mol. The number of aliphatic hydroxyl groups excluding tert-OH is 1. The van der Waals surface area contributed by atoms with Gasteiger partial charge in [0.25, 0.3) is 0 Å². The summed E-state index contributed by atoms with van der Waals surface area (Å²) in [5.41, 5.74) is 0.929. The van der Waals surface area contributed by atoms with Crippen molar-refractivity contribution >= 4 is 0 Å². The standard InChI is InChI=1S/C16H24N2O3/c1-11-4-2-3-7-17(11)9-14-16(21)15(20)8-13(10-19)18(14)12-5-6-12/h8,11-12,19,21H,2-7,9-10H2,1H3. The molecule has 0 bridgehead atoms. The zero-order valence-corrected chi connectivity index (χ0v) is 12.6. The molecular formula is C16H24N2O3. The molecule has 0 amide bonds. The van der Waals surface area contributed by atoms with E-state index in [9.17, 15) is 15.0 Å². The molecule has 5 nitrogen and oxygen atoms in total. The first-order valence-corrected chi connectivity index (χ1v) is 7.93. The van der Waals surface area contributed by atoms with Crippen LogP contribution in [0.25, 0.3) is 0 Å². The quantitative estimate of drug-likeness (QED) is 0.887. The van der Waals surface area contributed by atoms with Gasteiger partial charge in [0.2, 0.25) is 5.43 Å². The highest BCUT2D eigenvalue weighted by Crippen LogP contribution is 2.39. The number of hydrogen-bond acceptors (Lipinski definition) is 4. The van der Waals surface area contributed by atoms with Crippen molar-refractivity contribution in [3.05, 3.63) is 27.7 Å². The Kier molecular flexibility index (Phi) is 4.04. The number of aliphatic hydroxyl groups is 1. The first-order valence-electron chi connectivity index (χ1n) is 7.93. The van der Waals surface area contributed by atoms with Crippen LogP contribution in [0.15, 0.2) is 10.9 Å². The van der Waals surface area contributed by atoms with Crippen LogP contribution in [0.4, 0.5) is 0 Å². The van der Waals surface area contributed by atoms with Crippen LogP contribution in [0.5, 0.6) is 5.75 Å². The molecule has 1 saturated carbocycles. The zero-order valence-electron chi connectivity index (χ0n) is 12.6. The van der Waals surface area contributed by atoms with Crippen molar-refractivity contribution in [1.82, 2.24) is 9.47 Å². The highest BCUT2D eigenvalue weighted by Gasteiger charge is 2.30. The van der Waals surface area contributed by atoms with Crippen LogP contribution in [0, 0.1) is 0 Å². The summed E-state index contributed by atoms with van der Waals surface area (Å²) in [5.74, 6) is -0.142. The van der Waals surface area contributed by atoms with Gasteiger partial charge in [0.1, 0.15) is 0 Å². The Morgan fingerprint density at radius 2 is 2.05 bits per heavy atom. The van der Waals surface area contributed by atoms with Crippen molar-refractivity contribution in [3.8, 4) is 5.75 Å². The summed E-state index contributed by atoms with van der Waals surface area (Å²) >= 11 is 0. The number of piperidine rings is 1. The van der Waals surface area contributed by atoms with Crippen LogP contribution in [0.1, 0.15) is 56.5 Å². The minimum absolute atomic E-state index is 0.142. The van der Waals surface area contributed by atoms with E-state index in [0.717, 1.165) is 25.8 Å². The lowest BCUT2D eigenvalue weighted by Gasteiger charge is -2.34. The summed E-state index contributed by atoms with van der Waals surface area (Å²) in [7, 11) is 0. The van der Waals surface area contributed by atoms with Gasteiger partial charge in [-0.2, -0.15) is 0 Å². The summed E-state index contributed by atoms with van der Waals surface area (Å²) in [6, 6.07) is 2.17. The largest absolute Gasteiger partial charge is 0.503 e. The summed E-state index contributed by atoms with van der Waals surface area (Å²) in [6.45, 7) is 3.63. The third-order valence-corrected chi connectivity index (χ3v) is 4.77. The number of hydrogen-bond donors (Lipinski definition) is 2. The maximum atomic E-state index is 11.9. The van der Waals surface area contributed by atoms with Crippen LogP contribution in [-0.4, -0.2) is 32.3 Å². The van der Waals surface area contributed by atoms with Gasteiger partial charge >= 0.3 is 0 Å². The Balaban J connectivity index is 1.99. The molecule has 2 fully saturated rings. The van der Waals surface area contributed by atoms with Crippen molar-refractivity contribution in [2.75, 3.05) is 6.54 Å². The SMILES string of the molecule is CC1CCCCN1Cc1c(O)c(=O)cc(CO)n1C1CC1. The predicted molar refractivity (Wildman–Crippen MR) is 80.3 cm³/mol. The van der Waals surface area contributed by atoms with E-state index in [2.05, 4.69) is 11.8 Å². The normalized spacial score (nSPS) is 23.4. The molecule has 0 aromatic carbocycles. The molecule has 0 spiro atoms. The first-order chi connectivity index (χ1) is 10.1. The second-order valence-corrected chi connectivity index (χ2v) is 6.37. The molecule has 5 heteroatoms. The van der Waals surface area contributed by atoms with Crippen LogP contribution in [0.3, 0.4) is 0 Å². The van der Waals surface area contributed by atoms with E-state index >= 15 is 0 Å². The molecule has 1 aliphatic carbocycles. The fourth-order valence-electron chi connectivity index (χ4n) is 3.36. The minimum atomic E-state index is -0.379. The van der Waals surface area contributed by atoms with Gasteiger partial charge < -0.3 is 14.8 Å². The zero-order chi connectivity index (χ0) is 15.0. The van der Waals surface area contributed by atoms with E-state index in [1.807, 2.05) is 4.57 Å². The summed E-state index contributed by atoms with van der Waals surface area (Å²) in [5, 5.41) is 19.8. The molecule has 1 aromatic heterocycles. The third-order valence-electron chi connectivity index (χ3n) is 4.77. The topological polar surface area (TPSA) is 65.7 Å². The van der Waals surface area contributed by atoms with Crippen molar-refractivity contribution in [3.63, 3.8) is 0 Å². The van der Waals surface area contributed by atoms with Gasteiger partial charge in [-0.15, -0.1) is 0 Å². The second kappa shape index (κ2) is 5.81. The average Bonchev–Trinajstić information content (AvgIpc) is 3.30. The number of likely N-dealkylation sites (tertiary alicyclic amines) is 1. The summed E-state index contributed by atoms with van der Waals surface area (Å²) < 4.78 is 2.00. The van der Waals surface area contributed by atoms with Crippen LogP contribution in [0.2, 0.25) is 0 Å². The van der Waals surface area contributed by atoms with E-state index < -0.39 is 0 Å². The minimum Gasteiger partial charge on any atom is -0.503 e. The van der Waals surface area contributed by atoms with Crippen LogP contribution >= 0.6 is 0 Å². The molecule has 21 heavy (non-hydrogen) atoms. The lowest BCUT2D eigenvalue weighted by Crippen LogP contribution is -2.38. The molecule has 2 aliphatic rings. The van der Waals surface area contributed by atoms with Gasteiger partial charge in [-0.25, -0.2) is 0 Å². The maximum Gasteiger partial charge on any atom is 0.223 e. The van der Waals surface area contributed by atoms with Gasteiger partial charge in [0.15, 0.2) is 5.75 Å². The second-order valence-electron chi connectivity index (χ2n) is 6.37. The van der Waals surface area contributed by atoms with Gasteiger partial charge in [0, 0.05) is 30.4 Å². The Morgan fingerprint density at radius 3 is 2.67 bits per heavy atom. The number of rotatable bonds is 4. The molecule has 116 valence electrons. The Hall–Kier alpha value is -1.33. The molecule has 1 unspecified atom stereocenters. The van der Waals surface area contributed by atoms with Crippen molar-refractivity contribution < 1.29 is 10.2 Å².